The molecule has 1 fully saturated rings. The van der Waals surface area contributed by atoms with Gasteiger partial charge in [-0.05, 0) is 31.2 Å². The standard InChI is InChI=1S/C20H15ClN4O5/c1-2-30-15-6-4-3-5-14(15)25-19(28)18(27)24(20(25)29)11-13-9-17(26)23-10-12(21)7-8-16(23)22-13/h3-10H,2,11H2,1H3. The second-order valence-corrected chi connectivity index (χ2v) is 6.81. The van der Waals surface area contributed by atoms with E-state index in [1.807, 2.05) is 0 Å². The molecule has 10 heteroatoms. The molecule has 1 saturated heterocycles. The van der Waals surface area contributed by atoms with Crippen LogP contribution >= 0.6 is 11.6 Å². The Morgan fingerprint density at radius 1 is 1.03 bits per heavy atom. The molecule has 1 aromatic carbocycles. The van der Waals surface area contributed by atoms with Gasteiger partial charge in [-0.1, -0.05) is 23.7 Å². The molecule has 3 aromatic rings. The molecule has 1 aliphatic rings. The summed E-state index contributed by atoms with van der Waals surface area (Å²) in [5.74, 6) is -1.71. The fourth-order valence-corrected chi connectivity index (χ4v) is 3.31. The zero-order chi connectivity index (χ0) is 21.4. The van der Waals surface area contributed by atoms with Crippen LogP contribution in [0.5, 0.6) is 5.75 Å². The molecule has 0 saturated carbocycles. The molecule has 1 aliphatic heterocycles. The highest BCUT2D eigenvalue weighted by molar-refractivity contribution is 6.52. The number of urea groups is 1. The maximum atomic E-state index is 12.9. The second kappa shape index (κ2) is 7.60. The third-order valence-corrected chi connectivity index (χ3v) is 4.68. The van der Waals surface area contributed by atoms with Gasteiger partial charge in [0.2, 0.25) is 0 Å². The van der Waals surface area contributed by atoms with E-state index < -0.39 is 23.4 Å². The van der Waals surface area contributed by atoms with E-state index in [0.717, 1.165) is 9.80 Å². The molecule has 2 aromatic heterocycles. The van der Waals surface area contributed by atoms with Gasteiger partial charge < -0.3 is 4.74 Å². The summed E-state index contributed by atoms with van der Waals surface area (Å²) in [6.07, 6.45) is 1.41. The number of imide groups is 2. The number of rotatable bonds is 5. The average Bonchev–Trinajstić information content (AvgIpc) is 2.93. The number of ether oxygens (including phenoxy) is 1. The number of hydrogen-bond donors (Lipinski definition) is 0. The Bertz CT molecular complexity index is 1260. The van der Waals surface area contributed by atoms with Gasteiger partial charge >= 0.3 is 17.8 Å². The van der Waals surface area contributed by atoms with E-state index in [9.17, 15) is 19.2 Å². The van der Waals surface area contributed by atoms with E-state index in [-0.39, 0.29) is 17.9 Å². The molecule has 9 nitrogen and oxygen atoms in total. The van der Waals surface area contributed by atoms with Crippen LogP contribution in [0.3, 0.4) is 0 Å². The van der Waals surface area contributed by atoms with Crippen LogP contribution in [0.2, 0.25) is 5.02 Å². The minimum absolute atomic E-state index is 0.164. The van der Waals surface area contributed by atoms with Crippen molar-refractivity contribution in [3.63, 3.8) is 0 Å². The lowest BCUT2D eigenvalue weighted by Crippen LogP contribution is -2.34. The minimum atomic E-state index is -1.01. The van der Waals surface area contributed by atoms with Gasteiger partial charge in [0.1, 0.15) is 11.4 Å². The summed E-state index contributed by atoms with van der Waals surface area (Å²) in [5.41, 5.74) is 0.204. The molecule has 4 amide bonds. The average molecular weight is 427 g/mol. The van der Waals surface area contributed by atoms with Crippen molar-refractivity contribution in [3.8, 4) is 5.75 Å². The van der Waals surface area contributed by atoms with Crippen molar-refractivity contribution in [1.29, 1.82) is 0 Å². The highest BCUT2D eigenvalue weighted by Crippen LogP contribution is 2.32. The Morgan fingerprint density at radius 3 is 2.57 bits per heavy atom. The molecule has 0 aliphatic carbocycles. The molecule has 30 heavy (non-hydrogen) atoms. The van der Waals surface area contributed by atoms with Gasteiger partial charge in [-0.25, -0.2) is 19.6 Å². The van der Waals surface area contributed by atoms with Crippen molar-refractivity contribution in [1.82, 2.24) is 14.3 Å². The van der Waals surface area contributed by atoms with Gasteiger partial charge in [-0.15, -0.1) is 0 Å². The van der Waals surface area contributed by atoms with Crippen molar-refractivity contribution in [2.75, 3.05) is 11.5 Å². The van der Waals surface area contributed by atoms with Crippen LogP contribution in [-0.4, -0.2) is 38.7 Å². The van der Waals surface area contributed by atoms with Gasteiger partial charge in [0.25, 0.3) is 5.56 Å². The number of benzene rings is 1. The quantitative estimate of drug-likeness (QED) is 0.458. The zero-order valence-corrected chi connectivity index (χ0v) is 16.5. The van der Waals surface area contributed by atoms with E-state index in [0.29, 0.717) is 23.0 Å². The molecule has 0 spiro atoms. The number of aromatic nitrogens is 2. The first-order valence-electron chi connectivity index (χ1n) is 9.00. The van der Waals surface area contributed by atoms with Crippen molar-refractivity contribution in [2.24, 2.45) is 0 Å². The first-order chi connectivity index (χ1) is 14.4. The van der Waals surface area contributed by atoms with Crippen LogP contribution in [0.25, 0.3) is 5.65 Å². The molecular weight excluding hydrogens is 412 g/mol. The fraction of sp³-hybridized carbons (Fsp3) is 0.150. The summed E-state index contributed by atoms with van der Waals surface area (Å²) in [7, 11) is 0. The van der Waals surface area contributed by atoms with Crippen LogP contribution < -0.4 is 15.2 Å². The predicted molar refractivity (Wildman–Crippen MR) is 108 cm³/mol. The molecule has 0 atom stereocenters. The van der Waals surface area contributed by atoms with E-state index in [1.165, 1.54) is 28.8 Å². The molecule has 4 rings (SSSR count). The predicted octanol–water partition coefficient (Wildman–Crippen LogP) is 2.24. The number of pyridine rings is 1. The second-order valence-electron chi connectivity index (χ2n) is 6.38. The molecule has 0 unspecified atom stereocenters. The summed E-state index contributed by atoms with van der Waals surface area (Å²) in [4.78, 5) is 56.1. The van der Waals surface area contributed by atoms with E-state index >= 15 is 0 Å². The SMILES string of the molecule is CCOc1ccccc1N1C(=O)C(=O)N(Cc2cc(=O)n3cc(Cl)ccc3n2)C1=O. The Labute approximate surface area is 175 Å². The number of hydrogen-bond acceptors (Lipinski definition) is 6. The molecule has 0 N–H and O–H groups in total. The number of carbonyl (C=O) groups is 3. The Hall–Kier alpha value is -3.72. The van der Waals surface area contributed by atoms with Crippen LogP contribution in [-0.2, 0) is 16.1 Å². The summed E-state index contributed by atoms with van der Waals surface area (Å²) in [5, 5.41) is 0.359. The van der Waals surface area contributed by atoms with Crippen molar-refractivity contribution in [2.45, 2.75) is 13.5 Å². The van der Waals surface area contributed by atoms with Crippen LogP contribution in [0.1, 0.15) is 12.6 Å². The molecular formula is C20H15ClN4O5. The highest BCUT2D eigenvalue weighted by Gasteiger charge is 2.46. The smallest absolute Gasteiger partial charge is 0.339 e. The molecule has 3 heterocycles. The number of nitrogens with zero attached hydrogens (tertiary/aromatic N) is 4. The summed E-state index contributed by atoms with van der Waals surface area (Å²) < 4.78 is 6.71. The lowest BCUT2D eigenvalue weighted by Gasteiger charge is -2.18. The highest BCUT2D eigenvalue weighted by atomic mass is 35.5. The Morgan fingerprint density at radius 2 is 1.80 bits per heavy atom. The van der Waals surface area contributed by atoms with Crippen LogP contribution in [0, 0.1) is 0 Å². The summed E-state index contributed by atoms with van der Waals surface area (Å²) >= 11 is 5.89. The van der Waals surface area contributed by atoms with Gasteiger partial charge in [-0.2, -0.15) is 0 Å². The first kappa shape index (κ1) is 19.6. The van der Waals surface area contributed by atoms with Crippen LogP contribution in [0.4, 0.5) is 10.5 Å². The molecule has 0 radical (unpaired) electrons. The van der Waals surface area contributed by atoms with Crippen LogP contribution in [0.15, 0.2) is 53.5 Å². The lowest BCUT2D eigenvalue weighted by molar-refractivity contribution is -0.139. The Balaban J connectivity index is 1.68. The number of carbonyl (C=O) groups excluding carboxylic acids is 3. The monoisotopic (exact) mass is 426 g/mol. The van der Waals surface area contributed by atoms with Gasteiger partial charge in [0.05, 0.1) is 29.6 Å². The van der Waals surface area contributed by atoms with Crippen molar-refractivity contribution in [3.05, 3.63) is 69.7 Å². The van der Waals surface area contributed by atoms with Crippen molar-refractivity contribution >= 4 is 40.8 Å². The number of amides is 4. The largest absolute Gasteiger partial charge is 0.492 e. The minimum Gasteiger partial charge on any atom is -0.492 e. The van der Waals surface area contributed by atoms with E-state index in [1.54, 1.807) is 31.2 Å². The lowest BCUT2D eigenvalue weighted by atomic mass is 10.2. The van der Waals surface area contributed by atoms with E-state index in [4.69, 9.17) is 16.3 Å². The fourth-order valence-electron chi connectivity index (χ4n) is 3.15. The topological polar surface area (TPSA) is 101 Å². The van der Waals surface area contributed by atoms with Gasteiger partial charge in [0.15, 0.2) is 0 Å². The normalized spacial score (nSPS) is 14.1. The van der Waals surface area contributed by atoms with Gasteiger partial charge in [-0.3, -0.25) is 18.8 Å². The summed E-state index contributed by atoms with van der Waals surface area (Å²) in [6, 6.07) is 9.89. The zero-order valence-electron chi connectivity index (χ0n) is 15.7. The maximum absolute atomic E-state index is 12.9. The molecule has 152 valence electrons. The summed E-state index contributed by atoms with van der Waals surface area (Å²) in [6.45, 7) is 1.75. The number of anilines is 1. The maximum Gasteiger partial charge on any atom is 0.339 e. The van der Waals surface area contributed by atoms with E-state index in [2.05, 4.69) is 4.98 Å². The third-order valence-electron chi connectivity index (χ3n) is 4.46. The number of para-hydroxylation sites is 2. The third kappa shape index (κ3) is 3.29. The Kier molecular flexibility index (Phi) is 4.96. The van der Waals surface area contributed by atoms with Crippen molar-refractivity contribution < 1.29 is 19.1 Å². The number of halogens is 1. The molecule has 0 bridgehead atoms. The first-order valence-corrected chi connectivity index (χ1v) is 9.38. The number of fused-ring (bicyclic) bond motifs is 1. The van der Waals surface area contributed by atoms with Gasteiger partial charge in [0, 0.05) is 12.3 Å².